The van der Waals surface area contributed by atoms with E-state index in [9.17, 15) is 13.2 Å². The second-order valence-corrected chi connectivity index (χ2v) is 4.18. The average Bonchev–Trinajstić information content (AvgIpc) is 2.06. The first-order chi connectivity index (χ1) is 6.73. The first kappa shape index (κ1) is 11.3. The van der Waals surface area contributed by atoms with Crippen molar-refractivity contribution in [2.75, 3.05) is 11.5 Å². The minimum atomic E-state index is -4.50. The van der Waals surface area contributed by atoms with Gasteiger partial charge in [0.05, 0.1) is 21.8 Å². The molecule has 0 bridgehead atoms. The Morgan fingerprint density at radius 2 is 1.80 bits per heavy atom. The molecule has 7 nitrogen and oxygen atoms in total. The molecule has 1 aromatic carbocycles. The van der Waals surface area contributed by atoms with E-state index in [1.165, 1.54) is 0 Å². The summed E-state index contributed by atoms with van der Waals surface area (Å²) in [5.41, 5.74) is 9.67. The van der Waals surface area contributed by atoms with Gasteiger partial charge < -0.3 is 16.6 Å². The molecule has 0 amide bonds. The molecule has 1 aromatic rings. The predicted molar refractivity (Wildman–Crippen MR) is 52.0 cm³/mol. The molecule has 0 atom stereocenters. The molecule has 0 unspecified atom stereocenters. The summed E-state index contributed by atoms with van der Waals surface area (Å²) in [6.07, 6.45) is 0. The topological polar surface area (TPSA) is 144 Å². The van der Waals surface area contributed by atoms with Gasteiger partial charge in [-0.05, 0) is 12.1 Å². The maximum Gasteiger partial charge on any atom is 0.337 e. The largest absolute Gasteiger partial charge is 0.478 e. The van der Waals surface area contributed by atoms with Crippen LogP contribution < -0.4 is 11.5 Å². The van der Waals surface area contributed by atoms with Crippen molar-refractivity contribution in [3.05, 3.63) is 17.7 Å². The van der Waals surface area contributed by atoms with Crippen molar-refractivity contribution >= 4 is 27.5 Å². The minimum Gasteiger partial charge on any atom is -0.478 e. The maximum absolute atomic E-state index is 10.7. The number of carboxylic acid groups (broad SMARTS) is 1. The molecule has 0 aliphatic heterocycles. The van der Waals surface area contributed by atoms with Crippen LogP contribution in [0.3, 0.4) is 0 Å². The van der Waals surface area contributed by atoms with Crippen LogP contribution in [0, 0.1) is 0 Å². The van der Waals surface area contributed by atoms with Gasteiger partial charge in [0, 0.05) is 0 Å². The fourth-order valence-electron chi connectivity index (χ4n) is 0.974. The summed E-state index contributed by atoms with van der Waals surface area (Å²) in [7, 11) is -4.50. The quantitative estimate of drug-likeness (QED) is 0.408. The Morgan fingerprint density at radius 1 is 1.27 bits per heavy atom. The smallest absolute Gasteiger partial charge is 0.337 e. The SMILES string of the molecule is Nc1cc(S(=O)(=O)O)cc(C(=O)O)c1N. The van der Waals surface area contributed by atoms with Crippen LogP contribution in [-0.4, -0.2) is 24.0 Å². The van der Waals surface area contributed by atoms with Gasteiger partial charge in [0.2, 0.25) is 0 Å². The van der Waals surface area contributed by atoms with Crippen molar-refractivity contribution in [2.45, 2.75) is 4.90 Å². The first-order valence-electron chi connectivity index (χ1n) is 3.63. The fraction of sp³-hybridized carbons (Fsp3) is 0. The van der Waals surface area contributed by atoms with Gasteiger partial charge in [0.25, 0.3) is 10.1 Å². The van der Waals surface area contributed by atoms with E-state index in [0.717, 1.165) is 12.1 Å². The Kier molecular flexibility index (Phi) is 2.56. The molecule has 0 radical (unpaired) electrons. The third-order valence-electron chi connectivity index (χ3n) is 1.71. The number of nitrogens with two attached hydrogens (primary N) is 2. The second-order valence-electron chi connectivity index (χ2n) is 2.75. The number of benzene rings is 1. The third-order valence-corrected chi connectivity index (χ3v) is 2.55. The van der Waals surface area contributed by atoms with Gasteiger partial charge >= 0.3 is 5.97 Å². The van der Waals surface area contributed by atoms with Crippen molar-refractivity contribution in [2.24, 2.45) is 0 Å². The van der Waals surface area contributed by atoms with Gasteiger partial charge in [0.1, 0.15) is 0 Å². The number of hydrogen-bond acceptors (Lipinski definition) is 5. The van der Waals surface area contributed by atoms with Gasteiger partial charge in [0.15, 0.2) is 0 Å². The third kappa shape index (κ3) is 2.17. The summed E-state index contributed by atoms with van der Waals surface area (Å²) in [4.78, 5) is 10.0. The van der Waals surface area contributed by atoms with Crippen molar-refractivity contribution in [1.82, 2.24) is 0 Å². The number of hydrogen-bond donors (Lipinski definition) is 4. The van der Waals surface area contributed by atoms with Gasteiger partial charge in [-0.2, -0.15) is 8.42 Å². The van der Waals surface area contributed by atoms with E-state index in [0.29, 0.717) is 0 Å². The molecule has 0 aliphatic carbocycles. The lowest BCUT2D eigenvalue weighted by Gasteiger charge is -2.06. The lowest BCUT2D eigenvalue weighted by molar-refractivity contribution is 0.0698. The van der Waals surface area contributed by atoms with Crippen molar-refractivity contribution in [3.63, 3.8) is 0 Å². The maximum atomic E-state index is 10.7. The number of nitrogen functional groups attached to an aromatic ring is 2. The van der Waals surface area contributed by atoms with Crippen LogP contribution in [0.1, 0.15) is 10.4 Å². The average molecular weight is 232 g/mol. The zero-order valence-corrected chi connectivity index (χ0v) is 8.15. The first-order valence-corrected chi connectivity index (χ1v) is 5.07. The summed E-state index contributed by atoms with van der Waals surface area (Å²) < 4.78 is 30.2. The predicted octanol–water partition coefficient (Wildman–Crippen LogP) is -0.204. The normalized spacial score (nSPS) is 11.3. The number of aromatic carboxylic acids is 1. The summed E-state index contributed by atoms with van der Waals surface area (Å²) in [6, 6.07) is 1.63. The highest BCUT2D eigenvalue weighted by molar-refractivity contribution is 7.85. The Morgan fingerprint density at radius 3 is 2.20 bits per heavy atom. The van der Waals surface area contributed by atoms with Crippen LogP contribution in [0.5, 0.6) is 0 Å². The van der Waals surface area contributed by atoms with E-state index in [1.807, 2.05) is 0 Å². The van der Waals surface area contributed by atoms with Crippen LogP contribution in [0.15, 0.2) is 17.0 Å². The van der Waals surface area contributed by atoms with Gasteiger partial charge in [-0.25, -0.2) is 4.79 Å². The summed E-state index contributed by atoms with van der Waals surface area (Å²) in [5, 5.41) is 8.67. The highest BCUT2D eigenvalue weighted by Crippen LogP contribution is 2.24. The van der Waals surface area contributed by atoms with E-state index in [-0.39, 0.29) is 11.4 Å². The van der Waals surface area contributed by atoms with E-state index < -0.39 is 26.5 Å². The highest BCUT2D eigenvalue weighted by Gasteiger charge is 2.18. The second kappa shape index (κ2) is 3.41. The molecule has 1 rings (SSSR count). The lowest BCUT2D eigenvalue weighted by Crippen LogP contribution is -2.09. The molecule has 0 aromatic heterocycles. The number of rotatable bonds is 2. The standard InChI is InChI=1S/C7H8N2O5S/c8-5-2-3(15(12,13)14)1-4(6(5)9)7(10)11/h1-2H,8-9H2,(H,10,11)(H,12,13,14). The molecule has 0 saturated heterocycles. The van der Waals surface area contributed by atoms with Crippen LogP contribution in [-0.2, 0) is 10.1 Å². The Hall–Kier alpha value is -1.80. The molecule has 6 N–H and O–H groups in total. The van der Waals surface area contributed by atoms with E-state index in [4.69, 9.17) is 21.1 Å². The molecular weight excluding hydrogens is 224 g/mol. The zero-order chi connectivity index (χ0) is 11.8. The molecule has 82 valence electrons. The van der Waals surface area contributed by atoms with Crippen LogP contribution in [0.2, 0.25) is 0 Å². The van der Waals surface area contributed by atoms with Gasteiger partial charge in [-0.1, -0.05) is 0 Å². The highest BCUT2D eigenvalue weighted by atomic mass is 32.2. The molecule has 0 saturated carbocycles. The molecule has 8 heteroatoms. The molecule has 0 heterocycles. The molecule has 0 aliphatic rings. The van der Waals surface area contributed by atoms with Gasteiger partial charge in [-0.3, -0.25) is 4.55 Å². The lowest BCUT2D eigenvalue weighted by atomic mass is 10.1. The van der Waals surface area contributed by atoms with Crippen LogP contribution >= 0.6 is 0 Å². The van der Waals surface area contributed by atoms with Crippen molar-refractivity contribution in [1.29, 1.82) is 0 Å². The minimum absolute atomic E-state index is 0.220. The Labute approximate surface area is 85.1 Å². The number of carbonyl (C=O) groups is 1. The van der Waals surface area contributed by atoms with Crippen LogP contribution in [0.25, 0.3) is 0 Å². The summed E-state index contributed by atoms with van der Waals surface area (Å²) in [6.45, 7) is 0. The molecular formula is C7H8N2O5S. The van der Waals surface area contributed by atoms with Crippen molar-refractivity contribution in [3.8, 4) is 0 Å². The number of carboxylic acids is 1. The van der Waals surface area contributed by atoms with Crippen molar-refractivity contribution < 1.29 is 22.9 Å². The van der Waals surface area contributed by atoms with Crippen LogP contribution in [0.4, 0.5) is 11.4 Å². The summed E-state index contributed by atoms with van der Waals surface area (Å²) in [5.74, 6) is -1.43. The molecule has 15 heavy (non-hydrogen) atoms. The monoisotopic (exact) mass is 232 g/mol. The summed E-state index contributed by atoms with van der Waals surface area (Å²) >= 11 is 0. The van der Waals surface area contributed by atoms with Gasteiger partial charge in [-0.15, -0.1) is 0 Å². The van der Waals surface area contributed by atoms with E-state index >= 15 is 0 Å². The van der Waals surface area contributed by atoms with E-state index in [1.54, 1.807) is 0 Å². The fourth-order valence-corrected chi connectivity index (χ4v) is 1.52. The Balaban J connectivity index is 3.57. The number of anilines is 2. The zero-order valence-electron chi connectivity index (χ0n) is 7.34. The molecule has 0 spiro atoms. The van der Waals surface area contributed by atoms with E-state index in [2.05, 4.69) is 0 Å². The Bertz CT molecular complexity index is 522. The molecule has 0 fully saturated rings.